The first kappa shape index (κ1) is 11.5. The maximum atomic E-state index is 11.9. The number of carbonyl (C=O) groups is 1. The molecule has 0 aliphatic heterocycles. The van der Waals surface area contributed by atoms with E-state index in [0.29, 0.717) is 6.42 Å². The molecule has 0 unspecified atom stereocenters. The smallest absolute Gasteiger partial charge is 0.177 e. The Hall–Kier alpha value is -0.940. The Balaban J connectivity index is 2.14. The number of Topliss-reactive ketones (excluding diaryl/α,β-unsaturated/α-hetero) is 1. The van der Waals surface area contributed by atoms with E-state index in [0.717, 1.165) is 19.8 Å². The molecule has 5 heteroatoms. The molecule has 0 aliphatic rings. The van der Waals surface area contributed by atoms with Crippen LogP contribution < -0.4 is 0 Å². The zero-order valence-electron chi connectivity index (χ0n) is 9.03. The molecular weight excluding hydrogens is 288 g/mol. The van der Waals surface area contributed by atoms with Gasteiger partial charge in [-0.05, 0) is 40.0 Å². The van der Waals surface area contributed by atoms with Crippen LogP contribution in [0, 0.1) is 6.92 Å². The topological polar surface area (TPSA) is 34.9 Å². The molecule has 0 fully saturated rings. The van der Waals surface area contributed by atoms with Crippen LogP contribution in [-0.2, 0) is 13.5 Å². The number of aryl methyl sites for hydroxylation is 2. The molecule has 0 amide bonds. The van der Waals surface area contributed by atoms with Crippen molar-refractivity contribution in [1.82, 2.24) is 9.78 Å². The first-order valence-electron chi connectivity index (χ1n) is 4.83. The lowest BCUT2D eigenvalue weighted by atomic mass is 10.1. The molecule has 0 N–H and O–H groups in total. The lowest BCUT2D eigenvalue weighted by Gasteiger charge is -1.93. The monoisotopic (exact) mass is 298 g/mol. The van der Waals surface area contributed by atoms with E-state index >= 15 is 0 Å². The summed E-state index contributed by atoms with van der Waals surface area (Å²) in [5.74, 6) is 0.145. The van der Waals surface area contributed by atoms with Crippen molar-refractivity contribution in [2.45, 2.75) is 13.3 Å². The second-order valence-corrected chi connectivity index (χ2v) is 6.06. The van der Waals surface area contributed by atoms with Crippen molar-refractivity contribution >= 4 is 33.0 Å². The summed E-state index contributed by atoms with van der Waals surface area (Å²) < 4.78 is 2.74. The van der Waals surface area contributed by atoms with Gasteiger partial charge in [-0.3, -0.25) is 9.48 Å². The van der Waals surface area contributed by atoms with Crippen LogP contribution in [0.25, 0.3) is 0 Å². The van der Waals surface area contributed by atoms with Crippen LogP contribution in [-0.4, -0.2) is 15.6 Å². The lowest BCUT2D eigenvalue weighted by Crippen LogP contribution is -2.00. The van der Waals surface area contributed by atoms with Gasteiger partial charge in [-0.1, -0.05) is 0 Å². The van der Waals surface area contributed by atoms with Crippen LogP contribution >= 0.6 is 27.3 Å². The number of carbonyl (C=O) groups excluding carboxylic acids is 1. The van der Waals surface area contributed by atoms with E-state index in [1.165, 1.54) is 11.3 Å². The van der Waals surface area contributed by atoms with Crippen molar-refractivity contribution in [3.63, 3.8) is 0 Å². The molecule has 84 valence electrons. The molecule has 16 heavy (non-hydrogen) atoms. The normalized spacial score (nSPS) is 10.7. The summed E-state index contributed by atoms with van der Waals surface area (Å²) in [6, 6.07) is 1.92. The van der Waals surface area contributed by atoms with Crippen molar-refractivity contribution in [3.05, 3.63) is 38.3 Å². The molecular formula is C11H11BrN2OS. The Morgan fingerprint density at radius 1 is 1.62 bits per heavy atom. The number of ketones is 1. The molecule has 2 aromatic rings. The largest absolute Gasteiger partial charge is 0.293 e. The molecule has 0 aliphatic carbocycles. The van der Waals surface area contributed by atoms with Gasteiger partial charge in [0.25, 0.3) is 0 Å². The Morgan fingerprint density at radius 3 is 2.88 bits per heavy atom. The molecule has 0 spiro atoms. The molecule has 0 aromatic carbocycles. The Kier molecular flexibility index (Phi) is 3.25. The Labute approximate surface area is 106 Å². The Bertz CT molecular complexity index is 510. The van der Waals surface area contributed by atoms with Gasteiger partial charge in [0.05, 0.1) is 14.9 Å². The minimum Gasteiger partial charge on any atom is -0.293 e. The highest BCUT2D eigenvalue weighted by Crippen LogP contribution is 2.28. The number of nitrogens with zero attached hydrogens (tertiary/aromatic N) is 2. The van der Waals surface area contributed by atoms with E-state index in [2.05, 4.69) is 21.0 Å². The van der Waals surface area contributed by atoms with Gasteiger partial charge in [-0.15, -0.1) is 11.3 Å². The van der Waals surface area contributed by atoms with Gasteiger partial charge in [-0.2, -0.15) is 5.10 Å². The number of rotatable bonds is 3. The van der Waals surface area contributed by atoms with Crippen LogP contribution in [0.2, 0.25) is 0 Å². The summed E-state index contributed by atoms with van der Waals surface area (Å²) in [4.78, 5) is 12.7. The molecule has 2 heterocycles. The number of thiophene rings is 1. The van der Waals surface area contributed by atoms with Crippen molar-refractivity contribution in [3.8, 4) is 0 Å². The highest BCUT2D eigenvalue weighted by molar-refractivity contribution is 9.11. The van der Waals surface area contributed by atoms with Crippen LogP contribution in [0.4, 0.5) is 0 Å². The molecule has 2 aromatic heterocycles. The van der Waals surface area contributed by atoms with Gasteiger partial charge in [0.2, 0.25) is 0 Å². The van der Waals surface area contributed by atoms with E-state index < -0.39 is 0 Å². The molecule has 3 nitrogen and oxygen atoms in total. The summed E-state index contributed by atoms with van der Waals surface area (Å²) in [5, 5.41) is 4.04. The molecule has 0 saturated carbocycles. The summed E-state index contributed by atoms with van der Waals surface area (Å²) in [6.45, 7) is 1.99. The number of aromatic nitrogens is 2. The predicted molar refractivity (Wildman–Crippen MR) is 68.0 cm³/mol. The van der Waals surface area contributed by atoms with Gasteiger partial charge in [0.15, 0.2) is 5.78 Å². The fourth-order valence-electron chi connectivity index (χ4n) is 1.43. The first-order valence-corrected chi connectivity index (χ1v) is 6.44. The molecule has 2 rings (SSSR count). The zero-order chi connectivity index (χ0) is 11.7. The average molecular weight is 299 g/mol. The maximum absolute atomic E-state index is 11.9. The maximum Gasteiger partial charge on any atom is 0.177 e. The average Bonchev–Trinajstić information content (AvgIpc) is 2.75. The lowest BCUT2D eigenvalue weighted by molar-refractivity contribution is 0.0997. The van der Waals surface area contributed by atoms with Crippen molar-refractivity contribution in [2.24, 2.45) is 7.05 Å². The summed E-state index contributed by atoms with van der Waals surface area (Å²) in [6.07, 6.45) is 4.01. The number of hydrogen-bond donors (Lipinski definition) is 0. The number of halogens is 1. The van der Waals surface area contributed by atoms with E-state index in [1.54, 1.807) is 10.9 Å². The van der Waals surface area contributed by atoms with Crippen LogP contribution in [0.5, 0.6) is 0 Å². The second kappa shape index (κ2) is 4.51. The molecule has 0 radical (unpaired) electrons. The van der Waals surface area contributed by atoms with E-state index in [9.17, 15) is 4.79 Å². The third kappa shape index (κ3) is 2.41. The van der Waals surface area contributed by atoms with Gasteiger partial charge >= 0.3 is 0 Å². The van der Waals surface area contributed by atoms with Gasteiger partial charge in [0.1, 0.15) is 0 Å². The van der Waals surface area contributed by atoms with Crippen LogP contribution in [0.3, 0.4) is 0 Å². The standard InChI is InChI=1S/C11H11BrN2OS/c1-7-3-10(16-11(7)12)9(15)4-8-5-13-14(2)6-8/h3,5-6H,4H2,1-2H3. The SMILES string of the molecule is Cc1cc(C(=O)Cc2cnn(C)c2)sc1Br. The van der Waals surface area contributed by atoms with Crippen molar-refractivity contribution < 1.29 is 4.79 Å². The van der Waals surface area contributed by atoms with Gasteiger partial charge in [-0.25, -0.2) is 0 Å². The summed E-state index contributed by atoms with van der Waals surface area (Å²) >= 11 is 4.91. The number of hydrogen-bond acceptors (Lipinski definition) is 3. The molecule has 0 saturated heterocycles. The second-order valence-electron chi connectivity index (χ2n) is 3.69. The quantitative estimate of drug-likeness (QED) is 0.817. The zero-order valence-corrected chi connectivity index (χ0v) is 11.4. The van der Waals surface area contributed by atoms with Crippen molar-refractivity contribution in [2.75, 3.05) is 0 Å². The highest BCUT2D eigenvalue weighted by atomic mass is 79.9. The van der Waals surface area contributed by atoms with Gasteiger partial charge < -0.3 is 0 Å². The third-order valence-electron chi connectivity index (χ3n) is 2.26. The van der Waals surface area contributed by atoms with E-state index in [1.807, 2.05) is 26.2 Å². The summed E-state index contributed by atoms with van der Waals surface area (Å²) in [7, 11) is 1.85. The minimum atomic E-state index is 0.145. The predicted octanol–water partition coefficient (Wildman–Crippen LogP) is 2.98. The fraction of sp³-hybridized carbons (Fsp3) is 0.273. The highest BCUT2D eigenvalue weighted by Gasteiger charge is 2.12. The fourth-order valence-corrected chi connectivity index (χ4v) is 2.91. The molecule has 0 atom stereocenters. The third-order valence-corrected chi connectivity index (χ3v) is 4.43. The Morgan fingerprint density at radius 2 is 2.38 bits per heavy atom. The van der Waals surface area contributed by atoms with Crippen molar-refractivity contribution in [1.29, 1.82) is 0 Å². The first-order chi connectivity index (χ1) is 7.56. The van der Waals surface area contributed by atoms with E-state index in [4.69, 9.17) is 0 Å². The van der Waals surface area contributed by atoms with Crippen LogP contribution in [0.15, 0.2) is 22.2 Å². The van der Waals surface area contributed by atoms with E-state index in [-0.39, 0.29) is 5.78 Å². The molecule has 0 bridgehead atoms. The van der Waals surface area contributed by atoms with Crippen LogP contribution in [0.1, 0.15) is 20.8 Å². The minimum absolute atomic E-state index is 0.145. The summed E-state index contributed by atoms with van der Waals surface area (Å²) in [5.41, 5.74) is 2.06. The van der Waals surface area contributed by atoms with Gasteiger partial charge in [0, 0.05) is 19.7 Å².